The first-order valence-corrected chi connectivity index (χ1v) is 4.19. The molecular weight excluding hydrogens is 168 g/mol. The Morgan fingerprint density at radius 1 is 1.77 bits per heavy atom. The number of carbonyl (C=O) groups excluding carboxylic acids is 1. The molecule has 13 heavy (non-hydrogen) atoms. The van der Waals surface area contributed by atoms with Crippen molar-refractivity contribution in [2.45, 2.75) is 25.8 Å². The van der Waals surface area contributed by atoms with Gasteiger partial charge in [0.25, 0.3) is 5.91 Å². The van der Waals surface area contributed by atoms with Gasteiger partial charge in [0.2, 0.25) is 0 Å². The van der Waals surface area contributed by atoms with E-state index in [2.05, 4.69) is 10.2 Å². The standard InChI is InChI=1S/C8H14N4O/c1-5(9)2-3-7-6(8(10)13)4-11-12-7/h4-5H,2-3,9H2,1H3,(H2,10,13)(H,11,12). The zero-order valence-electron chi connectivity index (χ0n) is 7.58. The Morgan fingerprint density at radius 3 is 3.00 bits per heavy atom. The van der Waals surface area contributed by atoms with Gasteiger partial charge in [0, 0.05) is 11.7 Å². The van der Waals surface area contributed by atoms with Gasteiger partial charge in [0.15, 0.2) is 0 Å². The molecule has 1 aromatic heterocycles. The smallest absolute Gasteiger partial charge is 0.252 e. The van der Waals surface area contributed by atoms with Crippen molar-refractivity contribution in [3.63, 3.8) is 0 Å². The number of aromatic nitrogens is 2. The highest BCUT2D eigenvalue weighted by molar-refractivity contribution is 5.93. The molecule has 5 N–H and O–H groups in total. The molecule has 5 heteroatoms. The number of H-pyrrole nitrogens is 1. The van der Waals surface area contributed by atoms with Crippen molar-refractivity contribution in [1.82, 2.24) is 10.2 Å². The molecule has 0 aliphatic rings. The first kappa shape index (κ1) is 9.73. The number of rotatable bonds is 4. The lowest BCUT2D eigenvalue weighted by molar-refractivity contribution is 0.0999. The third kappa shape index (κ3) is 2.55. The van der Waals surface area contributed by atoms with Crippen molar-refractivity contribution in [2.75, 3.05) is 0 Å². The van der Waals surface area contributed by atoms with E-state index in [1.165, 1.54) is 6.20 Å². The number of nitrogens with one attached hydrogen (secondary N) is 1. The van der Waals surface area contributed by atoms with Gasteiger partial charge in [-0.25, -0.2) is 0 Å². The van der Waals surface area contributed by atoms with E-state index in [1.54, 1.807) is 0 Å². The molecule has 0 fully saturated rings. The van der Waals surface area contributed by atoms with Gasteiger partial charge < -0.3 is 11.5 Å². The van der Waals surface area contributed by atoms with Gasteiger partial charge in [0.05, 0.1) is 11.8 Å². The molecule has 1 atom stereocenters. The van der Waals surface area contributed by atoms with Gasteiger partial charge in [-0.2, -0.15) is 5.10 Å². The van der Waals surface area contributed by atoms with Crippen LogP contribution < -0.4 is 11.5 Å². The van der Waals surface area contributed by atoms with Crippen molar-refractivity contribution < 1.29 is 4.79 Å². The molecule has 0 spiro atoms. The highest BCUT2D eigenvalue weighted by Gasteiger charge is 2.10. The molecule has 0 radical (unpaired) electrons. The summed E-state index contributed by atoms with van der Waals surface area (Å²) in [5, 5.41) is 6.49. The minimum absolute atomic E-state index is 0.115. The molecule has 1 heterocycles. The van der Waals surface area contributed by atoms with Crippen LogP contribution in [0.2, 0.25) is 0 Å². The van der Waals surface area contributed by atoms with Crippen LogP contribution in [-0.4, -0.2) is 22.1 Å². The van der Waals surface area contributed by atoms with E-state index in [0.717, 1.165) is 12.1 Å². The van der Waals surface area contributed by atoms with Crippen LogP contribution >= 0.6 is 0 Å². The van der Waals surface area contributed by atoms with Gasteiger partial charge in [0.1, 0.15) is 0 Å². The number of aromatic amines is 1. The molecule has 0 aromatic carbocycles. The lowest BCUT2D eigenvalue weighted by Gasteiger charge is -2.03. The molecule has 5 nitrogen and oxygen atoms in total. The number of amides is 1. The van der Waals surface area contributed by atoms with E-state index >= 15 is 0 Å². The quantitative estimate of drug-likeness (QED) is 0.600. The number of aryl methyl sites for hydroxylation is 1. The molecular formula is C8H14N4O. The van der Waals surface area contributed by atoms with Crippen LogP contribution in [0.5, 0.6) is 0 Å². The molecule has 1 unspecified atom stereocenters. The second-order valence-corrected chi connectivity index (χ2v) is 3.14. The van der Waals surface area contributed by atoms with Crippen molar-refractivity contribution >= 4 is 5.91 Å². The molecule has 1 amide bonds. The highest BCUT2D eigenvalue weighted by atomic mass is 16.1. The molecule has 0 bridgehead atoms. The Balaban J connectivity index is 2.65. The Kier molecular flexibility index (Phi) is 3.02. The Bertz CT molecular complexity index is 292. The third-order valence-electron chi connectivity index (χ3n) is 1.83. The third-order valence-corrected chi connectivity index (χ3v) is 1.83. The van der Waals surface area contributed by atoms with Gasteiger partial charge in [-0.15, -0.1) is 0 Å². The van der Waals surface area contributed by atoms with Crippen LogP contribution in [0.1, 0.15) is 29.4 Å². The van der Waals surface area contributed by atoms with Crippen LogP contribution in [0.25, 0.3) is 0 Å². The SMILES string of the molecule is CC(N)CCc1[nH]ncc1C(N)=O. The molecule has 1 rings (SSSR count). The van der Waals surface area contributed by atoms with Crippen molar-refractivity contribution in [1.29, 1.82) is 0 Å². The second-order valence-electron chi connectivity index (χ2n) is 3.14. The maximum atomic E-state index is 10.9. The predicted molar refractivity (Wildman–Crippen MR) is 49.1 cm³/mol. The summed E-state index contributed by atoms with van der Waals surface area (Å²) >= 11 is 0. The van der Waals surface area contributed by atoms with Crippen molar-refractivity contribution in [2.24, 2.45) is 11.5 Å². The summed E-state index contributed by atoms with van der Waals surface area (Å²) in [7, 11) is 0. The number of carbonyl (C=O) groups is 1. The summed E-state index contributed by atoms with van der Waals surface area (Å²) in [6.07, 6.45) is 2.96. The lowest BCUT2D eigenvalue weighted by Crippen LogP contribution is -2.17. The second kappa shape index (κ2) is 4.04. The maximum absolute atomic E-state index is 10.9. The minimum Gasteiger partial charge on any atom is -0.365 e. The first-order chi connectivity index (χ1) is 6.11. The Labute approximate surface area is 76.5 Å². The van der Waals surface area contributed by atoms with Crippen molar-refractivity contribution in [3.05, 3.63) is 17.5 Å². The highest BCUT2D eigenvalue weighted by Crippen LogP contribution is 2.07. The zero-order valence-corrected chi connectivity index (χ0v) is 7.58. The average molecular weight is 182 g/mol. The number of hydrogen-bond donors (Lipinski definition) is 3. The summed E-state index contributed by atoms with van der Waals surface area (Å²) in [5.41, 5.74) is 11.9. The molecule has 1 aromatic rings. The molecule has 0 saturated carbocycles. The monoisotopic (exact) mass is 182 g/mol. The average Bonchev–Trinajstić information content (AvgIpc) is 2.47. The van der Waals surface area contributed by atoms with E-state index in [9.17, 15) is 4.79 Å². The topological polar surface area (TPSA) is 97.8 Å². The van der Waals surface area contributed by atoms with Gasteiger partial charge >= 0.3 is 0 Å². The van der Waals surface area contributed by atoms with E-state index in [4.69, 9.17) is 11.5 Å². The normalized spacial score (nSPS) is 12.8. The molecule has 72 valence electrons. The Hall–Kier alpha value is -1.36. The van der Waals surface area contributed by atoms with E-state index in [-0.39, 0.29) is 6.04 Å². The fourth-order valence-electron chi connectivity index (χ4n) is 1.09. The van der Waals surface area contributed by atoms with Gasteiger partial charge in [-0.3, -0.25) is 9.89 Å². The maximum Gasteiger partial charge on any atom is 0.252 e. The fraction of sp³-hybridized carbons (Fsp3) is 0.500. The van der Waals surface area contributed by atoms with Crippen LogP contribution in [-0.2, 0) is 6.42 Å². The van der Waals surface area contributed by atoms with E-state index in [0.29, 0.717) is 12.0 Å². The number of hydrogen-bond acceptors (Lipinski definition) is 3. The van der Waals surface area contributed by atoms with Gasteiger partial charge in [-0.1, -0.05) is 0 Å². The Morgan fingerprint density at radius 2 is 2.46 bits per heavy atom. The van der Waals surface area contributed by atoms with Crippen LogP contribution in [0.15, 0.2) is 6.20 Å². The predicted octanol–water partition coefficient (Wildman–Crippen LogP) is -0.212. The van der Waals surface area contributed by atoms with Crippen LogP contribution in [0, 0.1) is 0 Å². The summed E-state index contributed by atoms with van der Waals surface area (Å²) < 4.78 is 0. The number of nitrogens with zero attached hydrogens (tertiary/aromatic N) is 1. The van der Waals surface area contributed by atoms with E-state index < -0.39 is 5.91 Å². The summed E-state index contributed by atoms with van der Waals surface area (Å²) in [6, 6.07) is 0.115. The summed E-state index contributed by atoms with van der Waals surface area (Å²) in [4.78, 5) is 10.9. The summed E-state index contributed by atoms with van der Waals surface area (Å²) in [6.45, 7) is 1.92. The van der Waals surface area contributed by atoms with Crippen LogP contribution in [0.4, 0.5) is 0 Å². The zero-order chi connectivity index (χ0) is 9.84. The van der Waals surface area contributed by atoms with Gasteiger partial charge in [-0.05, 0) is 19.8 Å². The van der Waals surface area contributed by atoms with Crippen LogP contribution in [0.3, 0.4) is 0 Å². The number of primary amides is 1. The van der Waals surface area contributed by atoms with Crippen molar-refractivity contribution in [3.8, 4) is 0 Å². The molecule has 0 saturated heterocycles. The minimum atomic E-state index is -0.451. The van der Waals surface area contributed by atoms with E-state index in [1.807, 2.05) is 6.92 Å². The summed E-state index contributed by atoms with van der Waals surface area (Å²) in [5.74, 6) is -0.451. The number of nitrogens with two attached hydrogens (primary N) is 2. The fourth-order valence-corrected chi connectivity index (χ4v) is 1.09. The lowest BCUT2D eigenvalue weighted by atomic mass is 10.1. The largest absolute Gasteiger partial charge is 0.365 e. The molecule has 0 aliphatic heterocycles. The first-order valence-electron chi connectivity index (χ1n) is 4.19. The molecule has 0 aliphatic carbocycles.